The van der Waals surface area contributed by atoms with Crippen molar-refractivity contribution in [1.29, 1.82) is 0 Å². The molecule has 1 unspecified atom stereocenters. The predicted octanol–water partition coefficient (Wildman–Crippen LogP) is 1.50. The second-order valence-corrected chi connectivity index (χ2v) is 5.10. The summed E-state index contributed by atoms with van der Waals surface area (Å²) in [5, 5.41) is 14.6. The van der Waals surface area contributed by atoms with Crippen LogP contribution in [0.1, 0.15) is 19.8 Å². The van der Waals surface area contributed by atoms with Crippen molar-refractivity contribution >= 4 is 17.1 Å². The number of carbonyl (C=O) groups excluding carboxylic acids is 1. The van der Waals surface area contributed by atoms with E-state index in [9.17, 15) is 4.79 Å². The van der Waals surface area contributed by atoms with E-state index in [-0.39, 0.29) is 12.1 Å². The summed E-state index contributed by atoms with van der Waals surface area (Å²) in [6.07, 6.45) is 2.84. The van der Waals surface area contributed by atoms with E-state index >= 15 is 0 Å². The van der Waals surface area contributed by atoms with Gasteiger partial charge in [-0.3, -0.25) is 0 Å². The van der Waals surface area contributed by atoms with Gasteiger partial charge < -0.3 is 20.3 Å². The summed E-state index contributed by atoms with van der Waals surface area (Å²) in [7, 11) is 0. The number of aliphatic hydroxyl groups is 1. The van der Waals surface area contributed by atoms with Gasteiger partial charge in [-0.1, -0.05) is 12.1 Å². The first kappa shape index (κ1) is 15.3. The number of imidazole rings is 1. The molecule has 2 rings (SSSR count). The van der Waals surface area contributed by atoms with Crippen LogP contribution in [0.4, 0.5) is 4.79 Å². The number of amides is 2. The third kappa shape index (κ3) is 4.75. The average Bonchev–Trinajstić information content (AvgIpc) is 2.86. The molecule has 0 spiro atoms. The summed E-state index contributed by atoms with van der Waals surface area (Å²) < 4.78 is 2.09. The zero-order chi connectivity index (χ0) is 15.1. The van der Waals surface area contributed by atoms with Gasteiger partial charge in [0.25, 0.3) is 0 Å². The molecule has 0 aliphatic carbocycles. The second-order valence-electron chi connectivity index (χ2n) is 5.10. The lowest BCUT2D eigenvalue weighted by atomic mass is 10.3. The van der Waals surface area contributed by atoms with Crippen LogP contribution in [-0.2, 0) is 6.54 Å². The van der Waals surface area contributed by atoms with E-state index in [4.69, 9.17) is 5.11 Å². The van der Waals surface area contributed by atoms with Crippen molar-refractivity contribution in [3.8, 4) is 0 Å². The summed E-state index contributed by atoms with van der Waals surface area (Å²) in [6.45, 7) is 3.60. The van der Waals surface area contributed by atoms with E-state index in [1.807, 2.05) is 30.6 Å². The molecule has 0 radical (unpaired) electrons. The quantitative estimate of drug-likeness (QED) is 0.676. The van der Waals surface area contributed by atoms with Crippen molar-refractivity contribution in [3.05, 3.63) is 30.6 Å². The number of nitrogens with one attached hydrogen (secondary N) is 2. The Morgan fingerprint density at radius 1 is 1.33 bits per heavy atom. The molecule has 6 nitrogen and oxygen atoms in total. The summed E-state index contributed by atoms with van der Waals surface area (Å²) >= 11 is 0. The van der Waals surface area contributed by atoms with Crippen LogP contribution in [0, 0.1) is 0 Å². The molecule has 21 heavy (non-hydrogen) atoms. The summed E-state index contributed by atoms with van der Waals surface area (Å²) in [5.74, 6) is 0. The van der Waals surface area contributed by atoms with Crippen molar-refractivity contribution in [3.63, 3.8) is 0 Å². The SMILES string of the molecule is CC(O)CCNC(=O)NCCCn1cnc2ccccc21. The van der Waals surface area contributed by atoms with Gasteiger partial charge in [0.15, 0.2) is 0 Å². The Bertz CT molecular complexity index is 580. The topological polar surface area (TPSA) is 79.2 Å². The number of fused-ring (bicyclic) bond motifs is 1. The molecular formula is C15H22N4O2. The highest BCUT2D eigenvalue weighted by Gasteiger charge is 2.03. The molecule has 114 valence electrons. The number of aliphatic hydroxyl groups excluding tert-OH is 1. The molecule has 1 heterocycles. The number of hydrogen-bond donors (Lipinski definition) is 3. The Hall–Kier alpha value is -2.08. The Morgan fingerprint density at radius 3 is 2.90 bits per heavy atom. The van der Waals surface area contributed by atoms with E-state index in [0.717, 1.165) is 24.0 Å². The first-order valence-corrected chi connectivity index (χ1v) is 7.26. The Morgan fingerprint density at radius 2 is 2.10 bits per heavy atom. The molecule has 1 aromatic heterocycles. The van der Waals surface area contributed by atoms with E-state index < -0.39 is 0 Å². The van der Waals surface area contributed by atoms with Crippen molar-refractivity contribution < 1.29 is 9.90 Å². The predicted molar refractivity (Wildman–Crippen MR) is 82.0 cm³/mol. The number of hydrogen-bond acceptors (Lipinski definition) is 3. The van der Waals surface area contributed by atoms with Gasteiger partial charge >= 0.3 is 6.03 Å². The van der Waals surface area contributed by atoms with Crippen LogP contribution >= 0.6 is 0 Å². The molecule has 0 saturated carbocycles. The Balaban J connectivity index is 1.67. The van der Waals surface area contributed by atoms with Gasteiger partial charge in [0.1, 0.15) is 0 Å². The molecule has 0 aliphatic heterocycles. The second kappa shape index (κ2) is 7.64. The number of nitrogens with zero attached hydrogens (tertiary/aromatic N) is 2. The zero-order valence-electron chi connectivity index (χ0n) is 12.2. The van der Waals surface area contributed by atoms with Crippen LogP contribution in [0.15, 0.2) is 30.6 Å². The molecule has 0 aliphatic rings. The number of rotatable bonds is 7. The molecule has 1 aromatic carbocycles. The number of carbonyl (C=O) groups is 1. The minimum atomic E-state index is -0.389. The number of benzene rings is 1. The van der Waals surface area contributed by atoms with Crippen molar-refractivity contribution in [2.45, 2.75) is 32.4 Å². The van der Waals surface area contributed by atoms with Crippen LogP contribution in [0.3, 0.4) is 0 Å². The number of aryl methyl sites for hydroxylation is 1. The number of para-hydroxylation sites is 2. The molecule has 6 heteroatoms. The van der Waals surface area contributed by atoms with E-state index in [2.05, 4.69) is 20.2 Å². The summed E-state index contributed by atoms with van der Waals surface area (Å²) in [5.41, 5.74) is 2.10. The fourth-order valence-corrected chi connectivity index (χ4v) is 2.10. The first-order chi connectivity index (χ1) is 10.2. The molecule has 0 bridgehead atoms. The fraction of sp³-hybridized carbons (Fsp3) is 0.467. The van der Waals surface area contributed by atoms with Crippen molar-refractivity contribution in [2.24, 2.45) is 0 Å². The van der Waals surface area contributed by atoms with Crippen LogP contribution in [-0.4, -0.2) is 39.9 Å². The van der Waals surface area contributed by atoms with E-state index in [1.165, 1.54) is 0 Å². The maximum absolute atomic E-state index is 11.5. The number of urea groups is 1. The molecular weight excluding hydrogens is 268 g/mol. The molecule has 2 amide bonds. The fourth-order valence-electron chi connectivity index (χ4n) is 2.10. The lowest BCUT2D eigenvalue weighted by Crippen LogP contribution is -2.37. The lowest BCUT2D eigenvalue weighted by molar-refractivity contribution is 0.183. The average molecular weight is 290 g/mol. The minimum absolute atomic E-state index is 0.189. The van der Waals surface area contributed by atoms with Crippen molar-refractivity contribution in [2.75, 3.05) is 13.1 Å². The standard InChI is InChI=1S/C15H22N4O2/c1-12(20)7-9-17-15(21)16-8-4-10-19-11-18-13-5-2-3-6-14(13)19/h2-3,5-6,11-12,20H,4,7-10H2,1H3,(H2,16,17,21). The van der Waals surface area contributed by atoms with E-state index in [0.29, 0.717) is 19.5 Å². The normalized spacial score (nSPS) is 12.3. The third-order valence-corrected chi connectivity index (χ3v) is 3.24. The first-order valence-electron chi connectivity index (χ1n) is 7.26. The largest absolute Gasteiger partial charge is 0.393 e. The molecule has 3 N–H and O–H groups in total. The molecule has 0 fully saturated rings. The third-order valence-electron chi connectivity index (χ3n) is 3.24. The smallest absolute Gasteiger partial charge is 0.314 e. The molecule has 0 saturated heterocycles. The molecule has 1 atom stereocenters. The van der Waals surface area contributed by atoms with Gasteiger partial charge in [0.2, 0.25) is 0 Å². The highest BCUT2D eigenvalue weighted by Crippen LogP contribution is 2.11. The lowest BCUT2D eigenvalue weighted by Gasteiger charge is -2.09. The monoisotopic (exact) mass is 290 g/mol. The van der Waals surface area contributed by atoms with Crippen LogP contribution in [0.25, 0.3) is 11.0 Å². The highest BCUT2D eigenvalue weighted by atomic mass is 16.3. The van der Waals surface area contributed by atoms with Gasteiger partial charge in [-0.15, -0.1) is 0 Å². The zero-order valence-corrected chi connectivity index (χ0v) is 12.2. The van der Waals surface area contributed by atoms with Gasteiger partial charge in [0, 0.05) is 19.6 Å². The van der Waals surface area contributed by atoms with Crippen LogP contribution < -0.4 is 10.6 Å². The van der Waals surface area contributed by atoms with Gasteiger partial charge in [-0.25, -0.2) is 9.78 Å². The Kier molecular flexibility index (Phi) is 5.57. The maximum Gasteiger partial charge on any atom is 0.314 e. The van der Waals surface area contributed by atoms with Crippen LogP contribution in [0.2, 0.25) is 0 Å². The molecule has 2 aromatic rings. The van der Waals surface area contributed by atoms with Gasteiger partial charge in [-0.2, -0.15) is 0 Å². The van der Waals surface area contributed by atoms with Gasteiger partial charge in [-0.05, 0) is 31.9 Å². The number of aromatic nitrogens is 2. The minimum Gasteiger partial charge on any atom is -0.393 e. The maximum atomic E-state index is 11.5. The van der Waals surface area contributed by atoms with Crippen molar-refractivity contribution in [1.82, 2.24) is 20.2 Å². The Labute approximate surface area is 124 Å². The van der Waals surface area contributed by atoms with Crippen LogP contribution in [0.5, 0.6) is 0 Å². The summed E-state index contributed by atoms with van der Waals surface area (Å²) in [4.78, 5) is 15.8. The summed E-state index contributed by atoms with van der Waals surface area (Å²) in [6, 6.07) is 7.80. The van der Waals surface area contributed by atoms with E-state index in [1.54, 1.807) is 6.92 Å². The highest BCUT2D eigenvalue weighted by molar-refractivity contribution is 5.75. The van der Waals surface area contributed by atoms with Gasteiger partial charge in [0.05, 0.1) is 23.5 Å².